The van der Waals surface area contributed by atoms with E-state index in [2.05, 4.69) is 17.0 Å². The molecule has 0 aromatic heterocycles. The summed E-state index contributed by atoms with van der Waals surface area (Å²) in [5.74, 6) is 1.69. The molecule has 154 valence electrons. The zero-order valence-electron chi connectivity index (χ0n) is 17.1. The number of thioether (sulfide) groups is 1. The highest BCUT2D eigenvalue weighted by molar-refractivity contribution is 8.15. The summed E-state index contributed by atoms with van der Waals surface area (Å²) in [4.78, 5) is 25.7. The minimum atomic E-state index is -0.160. The van der Waals surface area contributed by atoms with Gasteiger partial charge in [-0.2, -0.15) is 0 Å². The number of carbonyl (C=O) groups excluding carboxylic acids is 2. The van der Waals surface area contributed by atoms with Gasteiger partial charge in [-0.05, 0) is 38.5 Å². The highest BCUT2D eigenvalue weighted by atomic mass is 32.2. The van der Waals surface area contributed by atoms with Crippen LogP contribution in [0.25, 0.3) is 0 Å². The van der Waals surface area contributed by atoms with E-state index in [1.807, 2.05) is 37.8 Å². The lowest BCUT2D eigenvalue weighted by atomic mass is 10.1. The molecular weight excluding hydrogens is 376 g/mol. The SMILES string of the molecule is CCOC1=CC(=O)SC1(C)C.COc1ccc(CN2CCN(C=O)CC2)cc1. The molecule has 3 rings (SSSR count). The molecule has 0 saturated carbocycles. The average Bonchev–Trinajstić information content (AvgIpc) is 2.95. The Hall–Kier alpha value is -1.99. The van der Waals surface area contributed by atoms with Crippen molar-refractivity contribution in [2.75, 3.05) is 39.9 Å². The molecule has 0 radical (unpaired) electrons. The third-order valence-electron chi connectivity index (χ3n) is 4.62. The summed E-state index contributed by atoms with van der Waals surface area (Å²) in [5, 5.41) is 0.0958. The number of piperazine rings is 1. The number of hydrogen-bond donors (Lipinski definition) is 0. The van der Waals surface area contributed by atoms with Crippen LogP contribution in [0.4, 0.5) is 0 Å². The van der Waals surface area contributed by atoms with Crippen LogP contribution >= 0.6 is 11.8 Å². The molecule has 1 saturated heterocycles. The topological polar surface area (TPSA) is 59.1 Å². The second kappa shape index (κ2) is 10.5. The number of hydrogen-bond acceptors (Lipinski definition) is 6. The quantitative estimate of drug-likeness (QED) is 0.677. The third kappa shape index (κ3) is 6.56. The molecule has 7 heteroatoms. The van der Waals surface area contributed by atoms with Gasteiger partial charge in [0.15, 0.2) is 0 Å². The monoisotopic (exact) mass is 406 g/mol. The van der Waals surface area contributed by atoms with E-state index in [0.29, 0.717) is 6.61 Å². The van der Waals surface area contributed by atoms with Crippen molar-refractivity contribution in [1.29, 1.82) is 0 Å². The minimum absolute atomic E-state index is 0.0958. The van der Waals surface area contributed by atoms with Crippen molar-refractivity contribution in [2.24, 2.45) is 0 Å². The Morgan fingerprint density at radius 3 is 2.25 bits per heavy atom. The van der Waals surface area contributed by atoms with Gasteiger partial charge in [-0.25, -0.2) is 0 Å². The largest absolute Gasteiger partial charge is 0.497 e. The number of methoxy groups -OCH3 is 1. The number of rotatable bonds is 6. The average molecular weight is 407 g/mol. The second-order valence-corrected chi connectivity index (χ2v) is 8.77. The van der Waals surface area contributed by atoms with E-state index in [4.69, 9.17) is 9.47 Å². The Kier molecular flexibility index (Phi) is 8.38. The number of benzene rings is 1. The molecule has 0 bridgehead atoms. The van der Waals surface area contributed by atoms with Gasteiger partial charge < -0.3 is 14.4 Å². The molecular formula is C21H30N2O4S. The molecule has 1 fully saturated rings. The smallest absolute Gasteiger partial charge is 0.216 e. The Morgan fingerprint density at radius 2 is 1.79 bits per heavy atom. The molecule has 0 aliphatic carbocycles. The van der Waals surface area contributed by atoms with Gasteiger partial charge in [0.25, 0.3) is 0 Å². The standard InChI is InChI=1S/C13H18N2O2.C8H12O2S/c1-17-13-4-2-12(3-5-13)10-14-6-8-15(11-16)9-7-14;1-4-10-6-5-7(9)11-8(6,2)3/h2-5,11H,6-10H2,1H3;5H,4H2,1-3H3. The Bertz CT molecular complexity index is 680. The van der Waals surface area contributed by atoms with E-state index in [0.717, 1.165) is 50.6 Å². The Morgan fingerprint density at radius 1 is 1.14 bits per heavy atom. The van der Waals surface area contributed by atoms with Crippen LogP contribution in [0.2, 0.25) is 0 Å². The minimum Gasteiger partial charge on any atom is -0.497 e. The lowest BCUT2D eigenvalue weighted by molar-refractivity contribution is -0.119. The number of amides is 1. The zero-order chi connectivity index (χ0) is 20.6. The lowest BCUT2D eigenvalue weighted by Crippen LogP contribution is -2.45. The van der Waals surface area contributed by atoms with Gasteiger partial charge in [0.2, 0.25) is 11.5 Å². The van der Waals surface area contributed by atoms with Gasteiger partial charge in [0.05, 0.1) is 18.5 Å². The summed E-state index contributed by atoms with van der Waals surface area (Å²) in [6, 6.07) is 8.14. The zero-order valence-corrected chi connectivity index (χ0v) is 18.0. The lowest BCUT2D eigenvalue weighted by Gasteiger charge is -2.32. The molecule has 0 spiro atoms. The second-order valence-electron chi connectivity index (χ2n) is 7.14. The molecule has 1 aromatic rings. The number of carbonyl (C=O) groups is 2. The van der Waals surface area contributed by atoms with Gasteiger partial charge in [-0.15, -0.1) is 0 Å². The first-order valence-corrected chi connectivity index (χ1v) is 10.3. The number of ether oxygens (including phenoxy) is 2. The first-order chi connectivity index (χ1) is 13.4. The van der Waals surface area contributed by atoms with Crippen LogP contribution in [0.5, 0.6) is 5.75 Å². The van der Waals surface area contributed by atoms with Crippen LogP contribution in [-0.2, 0) is 20.9 Å². The maximum absolute atomic E-state index is 11.0. The number of nitrogens with zero attached hydrogens (tertiary/aromatic N) is 2. The molecule has 2 aliphatic heterocycles. The highest BCUT2D eigenvalue weighted by Gasteiger charge is 2.34. The van der Waals surface area contributed by atoms with Crippen molar-refractivity contribution in [3.05, 3.63) is 41.7 Å². The maximum Gasteiger partial charge on any atom is 0.216 e. The Balaban J connectivity index is 0.000000221. The molecule has 0 unspecified atom stereocenters. The molecule has 2 heterocycles. The van der Waals surface area contributed by atoms with Crippen LogP contribution in [0.3, 0.4) is 0 Å². The summed E-state index contributed by atoms with van der Waals surface area (Å²) in [6.07, 6.45) is 2.51. The summed E-state index contributed by atoms with van der Waals surface area (Å²) in [5.41, 5.74) is 1.28. The summed E-state index contributed by atoms with van der Waals surface area (Å²) < 4.78 is 10.3. The molecule has 1 aromatic carbocycles. The molecule has 1 amide bonds. The van der Waals surface area contributed by atoms with E-state index < -0.39 is 0 Å². The van der Waals surface area contributed by atoms with Crippen molar-refractivity contribution < 1.29 is 19.1 Å². The van der Waals surface area contributed by atoms with E-state index in [1.165, 1.54) is 17.3 Å². The molecule has 6 nitrogen and oxygen atoms in total. The highest BCUT2D eigenvalue weighted by Crippen LogP contribution is 2.39. The fraction of sp³-hybridized carbons (Fsp3) is 0.524. The van der Waals surface area contributed by atoms with Crippen molar-refractivity contribution in [3.8, 4) is 5.75 Å². The summed E-state index contributed by atoms with van der Waals surface area (Å²) in [6.45, 7) is 11.0. The normalized spacial score (nSPS) is 18.8. The van der Waals surface area contributed by atoms with Crippen LogP contribution in [0.15, 0.2) is 36.1 Å². The Labute approximate surface area is 171 Å². The van der Waals surface area contributed by atoms with Gasteiger partial charge >= 0.3 is 0 Å². The van der Waals surface area contributed by atoms with E-state index >= 15 is 0 Å². The van der Waals surface area contributed by atoms with Crippen molar-refractivity contribution >= 4 is 23.3 Å². The predicted molar refractivity (Wildman–Crippen MR) is 112 cm³/mol. The third-order valence-corrected chi connectivity index (χ3v) is 5.65. The van der Waals surface area contributed by atoms with E-state index in [-0.39, 0.29) is 9.86 Å². The fourth-order valence-electron chi connectivity index (χ4n) is 3.00. The summed E-state index contributed by atoms with van der Waals surface area (Å²) in [7, 11) is 1.67. The molecule has 0 atom stereocenters. The van der Waals surface area contributed by atoms with Crippen LogP contribution in [0.1, 0.15) is 26.3 Å². The van der Waals surface area contributed by atoms with Gasteiger partial charge in [-0.3, -0.25) is 14.5 Å². The van der Waals surface area contributed by atoms with Crippen molar-refractivity contribution in [3.63, 3.8) is 0 Å². The van der Waals surface area contributed by atoms with Crippen LogP contribution < -0.4 is 4.74 Å². The molecule has 0 N–H and O–H groups in total. The first-order valence-electron chi connectivity index (χ1n) is 9.50. The van der Waals surface area contributed by atoms with Gasteiger partial charge in [0, 0.05) is 38.8 Å². The predicted octanol–water partition coefficient (Wildman–Crippen LogP) is 2.93. The van der Waals surface area contributed by atoms with Gasteiger partial charge in [0.1, 0.15) is 11.5 Å². The fourth-order valence-corrected chi connectivity index (χ4v) is 3.89. The van der Waals surface area contributed by atoms with Gasteiger partial charge in [-0.1, -0.05) is 23.9 Å². The van der Waals surface area contributed by atoms with E-state index in [9.17, 15) is 9.59 Å². The molecule has 28 heavy (non-hydrogen) atoms. The molecule has 2 aliphatic rings. The van der Waals surface area contributed by atoms with E-state index in [1.54, 1.807) is 13.2 Å². The maximum atomic E-state index is 11.0. The summed E-state index contributed by atoms with van der Waals surface area (Å²) >= 11 is 1.31. The van der Waals surface area contributed by atoms with Crippen molar-refractivity contribution in [1.82, 2.24) is 9.80 Å². The van der Waals surface area contributed by atoms with Crippen LogP contribution in [-0.4, -0.2) is 66.0 Å². The van der Waals surface area contributed by atoms with Crippen LogP contribution in [0, 0.1) is 0 Å². The van der Waals surface area contributed by atoms with Crippen molar-refractivity contribution in [2.45, 2.75) is 32.1 Å². The first kappa shape index (κ1) is 22.3.